The number of halogens is 1. The summed E-state index contributed by atoms with van der Waals surface area (Å²) in [5.41, 5.74) is 6.41. The number of hydrogen-bond donors (Lipinski definition) is 4. The SMILES string of the molecule is CC1(C)CCC(CNCCNc2ccc(C(=O)NS(=O)(=O)c3ccc(OC4CCN(C5COC5)C4)c([N+](=O)[O-])c3)c(-n3ncc4nc5[nH]ccc5cc43)c2)=C(c2ccc(Cl)cc2)C1. The van der Waals surface area contributed by atoms with Crippen molar-refractivity contribution in [3.05, 3.63) is 117 Å². The highest BCUT2D eigenvalue weighted by Crippen LogP contribution is 2.43. The van der Waals surface area contributed by atoms with Crippen LogP contribution >= 0.6 is 11.6 Å². The Kier molecular flexibility index (Phi) is 11.7. The third-order valence-corrected chi connectivity index (χ3v) is 13.7. The number of sulfonamides is 1. The molecule has 4 N–H and O–H groups in total. The maximum atomic E-state index is 14.1. The van der Waals surface area contributed by atoms with Gasteiger partial charge >= 0.3 is 5.69 Å². The molecule has 2 saturated heterocycles. The van der Waals surface area contributed by atoms with E-state index in [4.69, 9.17) is 21.1 Å². The van der Waals surface area contributed by atoms with Crippen LogP contribution in [-0.4, -0.2) is 102 Å². The second kappa shape index (κ2) is 17.4. The van der Waals surface area contributed by atoms with Gasteiger partial charge in [-0.15, -0.1) is 0 Å². The number of aromatic amines is 1. The average molecular weight is 894 g/mol. The van der Waals surface area contributed by atoms with Crippen LogP contribution in [0.3, 0.4) is 0 Å². The lowest BCUT2D eigenvalue weighted by Gasteiger charge is -2.34. The highest BCUT2D eigenvalue weighted by Gasteiger charge is 2.35. The number of carbonyl (C=O) groups is 1. The van der Waals surface area contributed by atoms with Gasteiger partial charge in [0.1, 0.15) is 17.3 Å². The van der Waals surface area contributed by atoms with Crippen LogP contribution < -0.4 is 20.1 Å². The molecule has 2 aliphatic heterocycles. The molecule has 3 aliphatic rings. The van der Waals surface area contributed by atoms with Crippen molar-refractivity contribution in [3.63, 3.8) is 0 Å². The molecule has 6 aromatic rings. The first-order valence-corrected chi connectivity index (χ1v) is 22.9. The summed E-state index contributed by atoms with van der Waals surface area (Å²) in [5.74, 6) is -0.997. The number of aromatic nitrogens is 4. The van der Waals surface area contributed by atoms with Crippen molar-refractivity contribution in [1.82, 2.24) is 34.7 Å². The van der Waals surface area contributed by atoms with Crippen molar-refractivity contribution in [2.24, 2.45) is 5.41 Å². The second-order valence-corrected chi connectivity index (χ2v) is 19.3. The number of amides is 1. The number of allylic oxidation sites excluding steroid dienone is 1. The molecule has 3 aromatic heterocycles. The first-order chi connectivity index (χ1) is 30.3. The minimum absolute atomic E-state index is 0.000378. The molecule has 9 rings (SSSR count). The van der Waals surface area contributed by atoms with Crippen molar-refractivity contribution in [2.45, 2.75) is 56.6 Å². The van der Waals surface area contributed by atoms with E-state index in [0.29, 0.717) is 78.4 Å². The van der Waals surface area contributed by atoms with E-state index in [1.807, 2.05) is 24.3 Å². The van der Waals surface area contributed by atoms with E-state index in [0.717, 1.165) is 43.8 Å². The zero-order valence-corrected chi connectivity index (χ0v) is 36.5. The third-order valence-electron chi connectivity index (χ3n) is 12.2. The normalized spacial score (nSPS) is 18.2. The van der Waals surface area contributed by atoms with E-state index in [9.17, 15) is 23.3 Å². The zero-order valence-electron chi connectivity index (χ0n) is 34.9. The van der Waals surface area contributed by atoms with Crippen LogP contribution in [0, 0.1) is 15.5 Å². The van der Waals surface area contributed by atoms with E-state index in [1.54, 1.807) is 29.2 Å². The molecule has 1 unspecified atom stereocenters. The first-order valence-electron chi connectivity index (χ1n) is 21.0. The number of pyridine rings is 1. The fourth-order valence-corrected chi connectivity index (χ4v) is 9.69. The van der Waals surface area contributed by atoms with Crippen LogP contribution in [0.5, 0.6) is 5.75 Å². The molecule has 63 heavy (non-hydrogen) atoms. The van der Waals surface area contributed by atoms with Crippen LogP contribution in [-0.2, 0) is 14.8 Å². The number of hydrogen-bond acceptors (Lipinski definition) is 12. The van der Waals surface area contributed by atoms with Crippen molar-refractivity contribution >= 4 is 66.5 Å². The molecule has 0 saturated carbocycles. The van der Waals surface area contributed by atoms with Gasteiger partial charge in [0, 0.05) is 61.1 Å². The molecular formula is C45H48ClN9O7S. The third kappa shape index (κ3) is 9.15. The standard InChI is InChI=1S/C45H48ClN9O7S/c1-45(2)14-11-30(37(22-45)28-3-5-31(46)6-4-28)23-47-16-17-48-32-7-9-36(39(20-32)54-40-19-29-12-15-49-43(29)51-38(40)24-50-54)44(56)52-63(59,60)35-8-10-42(41(21-35)55(57)58)62-34-13-18-53(25-34)33-26-61-27-33/h3-10,12,15,19-21,24,33-34,47-48H,11,13-14,16-18,22-23,25-27H2,1-2H3,(H,49,51)(H,52,56). The van der Waals surface area contributed by atoms with Crippen LogP contribution in [0.15, 0.2) is 95.7 Å². The lowest BCUT2D eigenvalue weighted by atomic mass is 9.72. The van der Waals surface area contributed by atoms with Crippen LogP contribution in [0.4, 0.5) is 11.4 Å². The molecular weight excluding hydrogens is 846 g/mol. The number of rotatable bonds is 15. The van der Waals surface area contributed by atoms with Crippen molar-refractivity contribution in [3.8, 4) is 11.4 Å². The largest absolute Gasteiger partial charge is 0.482 e. The lowest BCUT2D eigenvalue weighted by molar-refractivity contribution is -0.386. The Morgan fingerprint density at radius 3 is 2.68 bits per heavy atom. The number of H-pyrrole nitrogens is 1. The second-order valence-electron chi connectivity index (χ2n) is 17.2. The van der Waals surface area contributed by atoms with Crippen LogP contribution in [0.25, 0.3) is 33.3 Å². The molecule has 328 valence electrons. The molecule has 1 atom stereocenters. The Morgan fingerprint density at radius 2 is 1.90 bits per heavy atom. The van der Waals surface area contributed by atoms with Crippen LogP contribution in [0.2, 0.25) is 5.02 Å². The van der Waals surface area contributed by atoms with Gasteiger partial charge in [0.05, 0.1) is 52.0 Å². The van der Waals surface area contributed by atoms with Gasteiger partial charge < -0.3 is 25.1 Å². The Morgan fingerprint density at radius 1 is 1.08 bits per heavy atom. The molecule has 2 fully saturated rings. The molecule has 1 aliphatic carbocycles. The highest BCUT2D eigenvalue weighted by molar-refractivity contribution is 7.90. The Hall–Kier alpha value is -5.85. The summed E-state index contributed by atoms with van der Waals surface area (Å²) in [6.45, 7) is 9.18. The molecule has 0 radical (unpaired) electrons. The van der Waals surface area contributed by atoms with Crippen molar-refractivity contribution in [1.29, 1.82) is 0 Å². The Bertz CT molecular complexity index is 2850. The minimum Gasteiger partial charge on any atom is -0.482 e. The number of benzene rings is 3. The van der Waals surface area contributed by atoms with Gasteiger partial charge in [-0.3, -0.25) is 19.8 Å². The van der Waals surface area contributed by atoms with Gasteiger partial charge in [0.25, 0.3) is 15.9 Å². The summed E-state index contributed by atoms with van der Waals surface area (Å²) >= 11 is 6.20. The van der Waals surface area contributed by atoms with Gasteiger partial charge in [0.15, 0.2) is 5.75 Å². The number of fused-ring (bicyclic) bond motifs is 2. The number of nitro benzene ring substituents is 1. The minimum atomic E-state index is -4.60. The summed E-state index contributed by atoms with van der Waals surface area (Å²) in [7, 11) is -4.60. The number of likely N-dealkylation sites (tertiary alicyclic amines) is 1. The number of nitrogens with zero attached hydrogens (tertiary/aromatic N) is 5. The predicted octanol–water partition coefficient (Wildman–Crippen LogP) is 7.10. The lowest BCUT2D eigenvalue weighted by Crippen LogP contribution is -2.48. The number of carbonyl (C=O) groups excluding carboxylic acids is 1. The fourth-order valence-electron chi connectivity index (χ4n) is 8.58. The van der Waals surface area contributed by atoms with E-state index < -0.39 is 31.4 Å². The van der Waals surface area contributed by atoms with Gasteiger partial charge in [-0.25, -0.2) is 22.8 Å². The predicted molar refractivity (Wildman–Crippen MR) is 241 cm³/mol. The molecule has 1 amide bonds. The Labute approximate surface area is 369 Å². The number of anilines is 1. The first kappa shape index (κ1) is 42.5. The number of nitro groups is 1. The summed E-state index contributed by atoms with van der Waals surface area (Å²) in [6.07, 6.45) is 6.80. The highest BCUT2D eigenvalue weighted by atomic mass is 35.5. The molecule has 18 heteroatoms. The maximum absolute atomic E-state index is 14.1. The number of ether oxygens (including phenoxy) is 2. The van der Waals surface area contributed by atoms with Gasteiger partial charge in [0.2, 0.25) is 0 Å². The molecule has 3 aromatic carbocycles. The van der Waals surface area contributed by atoms with Gasteiger partial charge in [-0.1, -0.05) is 43.2 Å². The van der Waals surface area contributed by atoms with Gasteiger partial charge in [-0.05, 0) is 96.8 Å². The topological polar surface area (TPSA) is 199 Å². The van der Waals surface area contributed by atoms with E-state index in [-0.39, 0.29) is 22.8 Å². The average Bonchev–Trinajstić information content (AvgIpc) is 4.00. The molecule has 5 heterocycles. The molecule has 0 spiro atoms. The Balaban J connectivity index is 0.933. The zero-order chi connectivity index (χ0) is 43.9. The fraction of sp³-hybridized carbons (Fsp3) is 0.356. The van der Waals surface area contributed by atoms with E-state index in [2.05, 4.69) is 61.3 Å². The maximum Gasteiger partial charge on any atom is 0.312 e. The van der Waals surface area contributed by atoms with E-state index >= 15 is 0 Å². The van der Waals surface area contributed by atoms with Crippen molar-refractivity contribution in [2.75, 3.05) is 51.3 Å². The summed E-state index contributed by atoms with van der Waals surface area (Å²) in [6, 6.07) is 20.5. The van der Waals surface area contributed by atoms with Crippen molar-refractivity contribution < 1.29 is 27.6 Å². The summed E-state index contributed by atoms with van der Waals surface area (Å²) in [5, 5.41) is 25.3. The smallest absolute Gasteiger partial charge is 0.312 e. The monoisotopic (exact) mass is 893 g/mol. The van der Waals surface area contributed by atoms with Crippen LogP contribution in [0.1, 0.15) is 55.5 Å². The van der Waals surface area contributed by atoms with E-state index in [1.165, 1.54) is 34.9 Å². The quantitative estimate of drug-likeness (QED) is 0.0464. The van der Waals surface area contributed by atoms with Gasteiger partial charge in [-0.2, -0.15) is 5.10 Å². The number of nitrogens with one attached hydrogen (secondary N) is 4. The summed E-state index contributed by atoms with van der Waals surface area (Å²) in [4.78, 5) is 35.1. The molecule has 0 bridgehead atoms. The molecule has 16 nitrogen and oxygen atoms in total. The summed E-state index contributed by atoms with van der Waals surface area (Å²) < 4.78 is 42.6.